The Balaban J connectivity index is 2.35. The smallest absolute Gasteiger partial charge is 0.145 e. The van der Waals surface area contributed by atoms with Crippen LogP contribution in [0.4, 0.5) is 8.78 Å². The molecule has 21 heavy (non-hydrogen) atoms. The van der Waals surface area contributed by atoms with Gasteiger partial charge in [0.05, 0.1) is 4.47 Å². The first-order chi connectivity index (χ1) is 10.0. The van der Waals surface area contributed by atoms with Gasteiger partial charge >= 0.3 is 0 Å². The Bertz CT molecular complexity index is 616. The van der Waals surface area contributed by atoms with Crippen LogP contribution in [-0.4, -0.2) is 6.54 Å². The SMILES string of the molecule is CCNC(Cc1ccc(Cl)cc1)c1c(F)ccc(Br)c1F. The molecule has 0 saturated carbocycles. The van der Waals surface area contributed by atoms with Gasteiger partial charge < -0.3 is 5.32 Å². The van der Waals surface area contributed by atoms with Crippen LogP contribution in [0, 0.1) is 11.6 Å². The molecule has 2 aromatic carbocycles. The van der Waals surface area contributed by atoms with E-state index in [1.807, 2.05) is 19.1 Å². The van der Waals surface area contributed by atoms with Crippen molar-refractivity contribution < 1.29 is 8.78 Å². The van der Waals surface area contributed by atoms with Crippen molar-refractivity contribution in [1.82, 2.24) is 5.32 Å². The van der Waals surface area contributed by atoms with E-state index >= 15 is 0 Å². The van der Waals surface area contributed by atoms with E-state index in [2.05, 4.69) is 21.2 Å². The highest BCUT2D eigenvalue weighted by molar-refractivity contribution is 9.10. The van der Waals surface area contributed by atoms with E-state index in [1.165, 1.54) is 12.1 Å². The lowest BCUT2D eigenvalue weighted by Crippen LogP contribution is -2.25. The lowest BCUT2D eigenvalue weighted by atomic mass is 9.98. The molecule has 0 fully saturated rings. The van der Waals surface area contributed by atoms with Crippen LogP contribution < -0.4 is 5.32 Å². The third-order valence-electron chi connectivity index (χ3n) is 3.23. The van der Waals surface area contributed by atoms with E-state index < -0.39 is 17.7 Å². The number of hydrogen-bond donors (Lipinski definition) is 1. The van der Waals surface area contributed by atoms with Crippen LogP contribution in [0.25, 0.3) is 0 Å². The largest absolute Gasteiger partial charge is 0.310 e. The Morgan fingerprint density at radius 1 is 1.14 bits per heavy atom. The molecule has 0 aromatic heterocycles. The number of nitrogens with one attached hydrogen (secondary N) is 1. The third-order valence-corrected chi connectivity index (χ3v) is 4.10. The Morgan fingerprint density at radius 2 is 1.81 bits per heavy atom. The molecule has 0 amide bonds. The van der Waals surface area contributed by atoms with E-state index in [-0.39, 0.29) is 10.0 Å². The average molecular weight is 375 g/mol. The van der Waals surface area contributed by atoms with Crippen molar-refractivity contribution in [2.24, 2.45) is 0 Å². The van der Waals surface area contributed by atoms with Crippen molar-refractivity contribution in [3.05, 3.63) is 68.7 Å². The summed E-state index contributed by atoms with van der Waals surface area (Å²) < 4.78 is 28.6. The van der Waals surface area contributed by atoms with Gasteiger partial charge in [0.1, 0.15) is 11.6 Å². The van der Waals surface area contributed by atoms with Crippen LogP contribution in [-0.2, 0) is 6.42 Å². The number of benzene rings is 2. The summed E-state index contributed by atoms with van der Waals surface area (Å²) >= 11 is 8.96. The fourth-order valence-corrected chi connectivity index (χ4v) is 2.71. The highest BCUT2D eigenvalue weighted by Gasteiger charge is 2.21. The Morgan fingerprint density at radius 3 is 2.43 bits per heavy atom. The number of rotatable bonds is 5. The molecule has 0 aliphatic rings. The molecule has 1 atom stereocenters. The molecule has 0 bridgehead atoms. The molecule has 0 saturated heterocycles. The molecule has 0 aliphatic carbocycles. The van der Waals surface area contributed by atoms with Crippen molar-refractivity contribution in [1.29, 1.82) is 0 Å². The van der Waals surface area contributed by atoms with Crippen LogP contribution >= 0.6 is 27.5 Å². The minimum atomic E-state index is -0.560. The predicted octanol–water partition coefficient (Wildman–Crippen LogP) is 5.27. The fourth-order valence-electron chi connectivity index (χ4n) is 2.24. The monoisotopic (exact) mass is 373 g/mol. The van der Waals surface area contributed by atoms with Crippen LogP contribution in [0.15, 0.2) is 40.9 Å². The molecule has 112 valence electrons. The summed E-state index contributed by atoms with van der Waals surface area (Å²) in [5.41, 5.74) is 1.02. The summed E-state index contributed by atoms with van der Waals surface area (Å²) in [7, 11) is 0. The first kappa shape index (κ1) is 16.4. The maximum absolute atomic E-state index is 14.3. The van der Waals surface area contributed by atoms with Gasteiger partial charge in [-0.05, 0) is 58.7 Å². The van der Waals surface area contributed by atoms with Gasteiger partial charge in [0.25, 0.3) is 0 Å². The van der Waals surface area contributed by atoms with E-state index in [1.54, 1.807) is 12.1 Å². The van der Waals surface area contributed by atoms with Crippen molar-refractivity contribution in [2.75, 3.05) is 6.54 Å². The topological polar surface area (TPSA) is 12.0 Å². The summed E-state index contributed by atoms with van der Waals surface area (Å²) in [6.07, 6.45) is 0.481. The first-order valence-corrected chi connectivity index (χ1v) is 7.81. The lowest BCUT2D eigenvalue weighted by Gasteiger charge is -2.20. The molecule has 2 aromatic rings. The molecule has 1 N–H and O–H groups in total. The highest BCUT2D eigenvalue weighted by Crippen LogP contribution is 2.29. The van der Waals surface area contributed by atoms with E-state index in [0.717, 1.165) is 5.56 Å². The minimum Gasteiger partial charge on any atom is -0.310 e. The van der Waals surface area contributed by atoms with Gasteiger partial charge in [-0.2, -0.15) is 0 Å². The fraction of sp³-hybridized carbons (Fsp3) is 0.250. The standard InChI is InChI=1S/C16H15BrClF2N/c1-2-21-14(9-10-3-5-11(18)6-4-10)15-13(19)8-7-12(17)16(15)20/h3-8,14,21H,2,9H2,1H3. The third kappa shape index (κ3) is 4.02. The predicted molar refractivity (Wildman–Crippen MR) is 85.6 cm³/mol. The molecule has 0 heterocycles. The van der Waals surface area contributed by atoms with Gasteiger partial charge in [-0.3, -0.25) is 0 Å². The Kier molecular flexibility index (Phi) is 5.73. The quantitative estimate of drug-likeness (QED) is 0.703. The number of halogens is 4. The second kappa shape index (κ2) is 7.34. The van der Waals surface area contributed by atoms with Crippen LogP contribution in [0.1, 0.15) is 24.1 Å². The highest BCUT2D eigenvalue weighted by atomic mass is 79.9. The molecular formula is C16H15BrClF2N. The van der Waals surface area contributed by atoms with Crippen molar-refractivity contribution >= 4 is 27.5 Å². The van der Waals surface area contributed by atoms with Crippen LogP contribution in [0.3, 0.4) is 0 Å². The maximum Gasteiger partial charge on any atom is 0.145 e. The summed E-state index contributed by atoms with van der Waals surface area (Å²) in [6.45, 7) is 2.52. The van der Waals surface area contributed by atoms with Crippen molar-refractivity contribution in [3.8, 4) is 0 Å². The molecule has 1 nitrogen and oxygen atoms in total. The van der Waals surface area contributed by atoms with Crippen molar-refractivity contribution in [2.45, 2.75) is 19.4 Å². The van der Waals surface area contributed by atoms with Gasteiger partial charge in [-0.1, -0.05) is 30.7 Å². The number of likely N-dealkylation sites (N-methyl/N-ethyl adjacent to an activating group) is 1. The van der Waals surface area contributed by atoms with E-state index in [9.17, 15) is 8.78 Å². The summed E-state index contributed by atoms with van der Waals surface area (Å²) in [6, 6.07) is 9.48. The minimum absolute atomic E-state index is 0.0566. The molecular weight excluding hydrogens is 360 g/mol. The van der Waals surface area contributed by atoms with E-state index in [4.69, 9.17) is 11.6 Å². The van der Waals surface area contributed by atoms with Gasteiger partial charge in [0.2, 0.25) is 0 Å². The molecule has 1 unspecified atom stereocenters. The van der Waals surface area contributed by atoms with Crippen LogP contribution in [0.2, 0.25) is 5.02 Å². The van der Waals surface area contributed by atoms with Crippen LogP contribution in [0.5, 0.6) is 0 Å². The zero-order chi connectivity index (χ0) is 15.4. The zero-order valence-electron chi connectivity index (χ0n) is 11.5. The molecule has 0 radical (unpaired) electrons. The average Bonchev–Trinajstić information content (AvgIpc) is 2.46. The van der Waals surface area contributed by atoms with Gasteiger partial charge in [-0.25, -0.2) is 8.78 Å². The van der Waals surface area contributed by atoms with E-state index in [0.29, 0.717) is 18.0 Å². The summed E-state index contributed by atoms with van der Waals surface area (Å²) in [5, 5.41) is 3.77. The lowest BCUT2D eigenvalue weighted by molar-refractivity contribution is 0.471. The number of hydrogen-bond acceptors (Lipinski definition) is 1. The first-order valence-electron chi connectivity index (χ1n) is 6.64. The van der Waals surface area contributed by atoms with Gasteiger partial charge in [0, 0.05) is 16.6 Å². The molecule has 0 spiro atoms. The second-order valence-electron chi connectivity index (χ2n) is 4.70. The van der Waals surface area contributed by atoms with Crippen molar-refractivity contribution in [3.63, 3.8) is 0 Å². The maximum atomic E-state index is 14.3. The second-order valence-corrected chi connectivity index (χ2v) is 5.99. The normalized spacial score (nSPS) is 12.4. The Hall–Kier alpha value is -0.970. The summed E-state index contributed by atoms with van der Waals surface area (Å²) in [4.78, 5) is 0. The molecule has 5 heteroatoms. The van der Waals surface area contributed by atoms with Gasteiger partial charge in [-0.15, -0.1) is 0 Å². The zero-order valence-corrected chi connectivity index (χ0v) is 13.8. The van der Waals surface area contributed by atoms with Gasteiger partial charge in [0.15, 0.2) is 0 Å². The summed E-state index contributed by atoms with van der Waals surface area (Å²) in [5.74, 6) is -1.11. The molecule has 0 aliphatic heterocycles. The Labute approximate surface area is 136 Å². The molecule has 2 rings (SSSR count).